The first-order valence-electron chi connectivity index (χ1n) is 16.8. The minimum absolute atomic E-state index is 0.0529. The summed E-state index contributed by atoms with van der Waals surface area (Å²) >= 11 is 0. The summed E-state index contributed by atoms with van der Waals surface area (Å²) in [4.78, 5) is 31.6. The van der Waals surface area contributed by atoms with E-state index in [1.807, 2.05) is 4.90 Å². The van der Waals surface area contributed by atoms with Crippen LogP contribution in [0.15, 0.2) is 30.3 Å². The fourth-order valence-electron chi connectivity index (χ4n) is 7.45. The second-order valence-corrected chi connectivity index (χ2v) is 12.8. The lowest BCUT2D eigenvalue weighted by Crippen LogP contribution is -2.56. The summed E-state index contributed by atoms with van der Waals surface area (Å²) in [6.45, 7) is 5.60. The van der Waals surface area contributed by atoms with Crippen LogP contribution in [0.25, 0.3) is 16.9 Å². The van der Waals surface area contributed by atoms with Crippen molar-refractivity contribution in [2.24, 2.45) is 5.92 Å². The Balaban J connectivity index is 1.05. The fourth-order valence-corrected chi connectivity index (χ4v) is 7.45. The van der Waals surface area contributed by atoms with Gasteiger partial charge in [-0.25, -0.2) is 13.8 Å². The molecule has 2 aliphatic heterocycles. The number of nitrogens with zero attached hydrogens (tertiary/aromatic N) is 6. The Labute approximate surface area is 267 Å². The van der Waals surface area contributed by atoms with Crippen LogP contribution in [-0.2, 0) is 14.3 Å². The number of carbonyl (C=O) groups is 1. The smallest absolute Gasteiger partial charge is 0.296 e. The van der Waals surface area contributed by atoms with Gasteiger partial charge in [0.15, 0.2) is 5.82 Å². The Morgan fingerprint density at radius 3 is 2.37 bits per heavy atom. The summed E-state index contributed by atoms with van der Waals surface area (Å²) in [5.41, 5.74) is 1.00. The number of fused-ring (bicyclic) bond motifs is 1. The number of amides is 1. The number of hydrogen-bond donors (Lipinski definition) is 1. The van der Waals surface area contributed by atoms with Crippen molar-refractivity contribution in [2.45, 2.75) is 76.0 Å². The van der Waals surface area contributed by atoms with Gasteiger partial charge in [0.1, 0.15) is 11.9 Å². The molecule has 1 aromatic carbocycles. The van der Waals surface area contributed by atoms with Crippen molar-refractivity contribution in [2.75, 3.05) is 57.5 Å². The zero-order valence-electron chi connectivity index (χ0n) is 26.2. The van der Waals surface area contributed by atoms with Crippen molar-refractivity contribution in [1.29, 1.82) is 0 Å². The molecule has 2 aliphatic carbocycles. The lowest BCUT2D eigenvalue weighted by Gasteiger charge is -2.42. The van der Waals surface area contributed by atoms with E-state index in [0.717, 1.165) is 58.4 Å². The van der Waals surface area contributed by atoms with Gasteiger partial charge in [0.05, 0.1) is 37.5 Å². The lowest BCUT2D eigenvalue weighted by molar-refractivity contribution is -0.128. The van der Waals surface area contributed by atoms with Crippen LogP contribution in [-0.4, -0.2) is 101 Å². The van der Waals surface area contributed by atoms with Crippen molar-refractivity contribution in [3.63, 3.8) is 0 Å². The number of ether oxygens (including phenoxy) is 3. The van der Waals surface area contributed by atoms with Crippen molar-refractivity contribution in [3.8, 4) is 11.7 Å². The van der Waals surface area contributed by atoms with Crippen molar-refractivity contribution in [3.05, 3.63) is 36.2 Å². The Kier molecular flexibility index (Phi) is 9.59. The quantitative estimate of drug-likeness (QED) is 0.387. The van der Waals surface area contributed by atoms with E-state index in [4.69, 9.17) is 24.2 Å². The van der Waals surface area contributed by atoms with Crippen LogP contribution >= 0.6 is 0 Å². The van der Waals surface area contributed by atoms with Gasteiger partial charge in [-0.3, -0.25) is 14.3 Å². The van der Waals surface area contributed by atoms with Gasteiger partial charge in [0.2, 0.25) is 17.7 Å². The van der Waals surface area contributed by atoms with Gasteiger partial charge in [-0.15, -0.1) is 0 Å². The van der Waals surface area contributed by atoms with Gasteiger partial charge < -0.3 is 24.4 Å². The normalized spacial score (nSPS) is 26.4. The van der Waals surface area contributed by atoms with Gasteiger partial charge >= 0.3 is 0 Å². The summed E-state index contributed by atoms with van der Waals surface area (Å²) in [6.07, 6.45) is 4.41. The number of benzene rings is 1. The monoisotopic (exact) mass is 639 g/mol. The number of halogens is 2. The number of rotatable bonds is 8. The highest BCUT2D eigenvalue weighted by molar-refractivity contribution is 5.79. The number of carbonyl (C=O) groups excluding carboxylic acids is 1. The maximum atomic E-state index is 14.2. The maximum absolute atomic E-state index is 14.2. The van der Waals surface area contributed by atoms with Crippen LogP contribution in [0.5, 0.6) is 5.88 Å². The summed E-state index contributed by atoms with van der Waals surface area (Å²) in [6, 6.07) is 9.23. The molecule has 3 aromatic rings. The molecule has 1 N–H and O–H groups in total. The zero-order chi connectivity index (χ0) is 31.5. The van der Waals surface area contributed by atoms with Crippen LogP contribution in [0.1, 0.15) is 63.6 Å². The summed E-state index contributed by atoms with van der Waals surface area (Å²) in [5, 5.41) is 3.43. The maximum Gasteiger partial charge on any atom is 0.296 e. The molecular formula is C33H43F2N7O4. The Morgan fingerprint density at radius 1 is 0.891 bits per heavy atom. The second kappa shape index (κ2) is 14.1. The molecule has 0 spiro atoms. The van der Waals surface area contributed by atoms with Crippen LogP contribution in [0, 0.1) is 5.92 Å². The third-order valence-corrected chi connectivity index (χ3v) is 9.89. The number of aromatic nitrogens is 4. The Bertz CT molecular complexity index is 1490. The highest BCUT2D eigenvalue weighted by Crippen LogP contribution is 2.33. The first-order valence-corrected chi connectivity index (χ1v) is 16.8. The number of para-hydroxylation sites is 2. The summed E-state index contributed by atoms with van der Waals surface area (Å²) in [5.74, 6) is 0.735. The Hall–Kier alpha value is -3.42. The molecule has 0 bridgehead atoms. The largest absolute Gasteiger partial charge is 0.474 e. The minimum atomic E-state index is -2.79. The molecule has 0 radical (unpaired) electrons. The van der Waals surface area contributed by atoms with Crippen molar-refractivity contribution < 1.29 is 27.8 Å². The highest BCUT2D eigenvalue weighted by Gasteiger charge is 2.35. The molecule has 248 valence electrons. The SMILES string of the molecule is O=C(N[C@H]1CCCC[C@@H]1N1CCOCC1)C1CCC(Oc2cc(-n3c(C(F)F)nc4ccccc43)nc(N3CCOCC3)n2)CC1. The number of anilines is 1. The third-order valence-electron chi connectivity index (χ3n) is 9.89. The number of morpholine rings is 2. The topological polar surface area (TPSA) is 107 Å². The lowest BCUT2D eigenvalue weighted by atomic mass is 9.85. The highest BCUT2D eigenvalue weighted by atomic mass is 19.3. The van der Waals surface area contributed by atoms with E-state index in [2.05, 4.69) is 15.2 Å². The third kappa shape index (κ3) is 6.82. The fraction of sp³-hybridized carbons (Fsp3) is 0.636. The zero-order valence-corrected chi connectivity index (χ0v) is 26.2. The predicted molar refractivity (Wildman–Crippen MR) is 168 cm³/mol. The average molecular weight is 640 g/mol. The molecule has 2 aromatic heterocycles. The van der Waals surface area contributed by atoms with E-state index in [-0.39, 0.29) is 35.6 Å². The molecule has 1 amide bonds. The molecule has 4 fully saturated rings. The number of hydrogen-bond acceptors (Lipinski definition) is 9. The van der Waals surface area contributed by atoms with Crippen LogP contribution < -0.4 is 15.0 Å². The molecule has 7 rings (SSSR count). The molecule has 11 nitrogen and oxygen atoms in total. The molecule has 46 heavy (non-hydrogen) atoms. The second-order valence-electron chi connectivity index (χ2n) is 12.8. The average Bonchev–Trinajstić information content (AvgIpc) is 3.50. The predicted octanol–water partition coefficient (Wildman–Crippen LogP) is 4.29. The molecule has 4 aliphatic rings. The molecule has 13 heteroatoms. The van der Waals surface area contributed by atoms with E-state index >= 15 is 0 Å². The van der Waals surface area contributed by atoms with Gasteiger partial charge in [0, 0.05) is 50.2 Å². The first-order chi connectivity index (χ1) is 22.5. The van der Waals surface area contributed by atoms with Gasteiger partial charge in [0.25, 0.3) is 6.43 Å². The van der Waals surface area contributed by atoms with E-state index in [0.29, 0.717) is 68.0 Å². The van der Waals surface area contributed by atoms with Gasteiger partial charge in [-0.05, 0) is 50.7 Å². The molecule has 2 saturated carbocycles. The summed E-state index contributed by atoms with van der Waals surface area (Å²) in [7, 11) is 0. The van der Waals surface area contributed by atoms with Crippen LogP contribution in [0.2, 0.25) is 0 Å². The van der Waals surface area contributed by atoms with E-state index in [9.17, 15) is 13.6 Å². The van der Waals surface area contributed by atoms with Gasteiger partial charge in [-0.2, -0.15) is 9.97 Å². The van der Waals surface area contributed by atoms with Gasteiger partial charge in [-0.1, -0.05) is 25.0 Å². The molecule has 0 unspecified atom stereocenters. The molecule has 4 heterocycles. The van der Waals surface area contributed by atoms with Crippen molar-refractivity contribution in [1.82, 2.24) is 29.7 Å². The molecular weight excluding hydrogens is 596 g/mol. The van der Waals surface area contributed by atoms with Crippen LogP contribution in [0.4, 0.5) is 14.7 Å². The number of imidazole rings is 1. The summed E-state index contributed by atoms with van der Waals surface area (Å²) < 4.78 is 47.3. The molecule has 2 saturated heterocycles. The van der Waals surface area contributed by atoms with E-state index in [1.54, 1.807) is 30.3 Å². The van der Waals surface area contributed by atoms with Crippen molar-refractivity contribution >= 4 is 22.9 Å². The van der Waals surface area contributed by atoms with Crippen LogP contribution in [0.3, 0.4) is 0 Å². The number of alkyl halides is 2. The van der Waals surface area contributed by atoms with E-state index in [1.165, 1.54) is 11.0 Å². The number of nitrogens with one attached hydrogen (secondary N) is 1. The Morgan fingerprint density at radius 2 is 1.61 bits per heavy atom. The van der Waals surface area contributed by atoms with E-state index < -0.39 is 6.43 Å². The minimum Gasteiger partial charge on any atom is -0.474 e. The standard InChI is InChI=1S/C33H43F2N7O4/c34-30(35)31-36-25-6-2-4-8-27(25)42(31)28-21-29(39-33(38-28)41-15-19-45-20-16-41)46-23-11-9-22(10-12-23)32(43)37-24-5-1-3-7-26(24)40-13-17-44-18-14-40/h2,4,6,8,21-24,26,30H,1,3,5,7,9-20H2,(H,37,43)/t22?,23?,24-,26-/m0/s1. The first kappa shape index (κ1) is 31.2. The molecule has 2 atom stereocenters.